The van der Waals surface area contributed by atoms with Crippen LogP contribution in [0.5, 0.6) is 5.75 Å². The van der Waals surface area contributed by atoms with Crippen molar-refractivity contribution in [3.63, 3.8) is 0 Å². The van der Waals surface area contributed by atoms with E-state index in [4.69, 9.17) is 9.15 Å². The minimum absolute atomic E-state index is 0.0102. The van der Waals surface area contributed by atoms with Crippen molar-refractivity contribution in [2.24, 2.45) is 0 Å². The van der Waals surface area contributed by atoms with Crippen LogP contribution in [-0.4, -0.2) is 48.6 Å². The highest BCUT2D eigenvalue weighted by atomic mass is 32.1. The second-order valence-electron chi connectivity index (χ2n) is 8.62. The molecule has 0 radical (unpaired) electrons. The van der Waals surface area contributed by atoms with Gasteiger partial charge in [0.05, 0.1) is 11.2 Å². The molecule has 0 aliphatic carbocycles. The number of rotatable bonds is 5. The number of fused-ring (bicyclic) bond motifs is 3. The van der Waals surface area contributed by atoms with Gasteiger partial charge in [-0.05, 0) is 32.8 Å². The van der Waals surface area contributed by atoms with Crippen LogP contribution in [0.2, 0.25) is 0 Å². The highest BCUT2D eigenvalue weighted by Crippen LogP contribution is 2.46. The first kappa shape index (κ1) is 21.5. The van der Waals surface area contributed by atoms with Crippen molar-refractivity contribution in [1.29, 1.82) is 0 Å². The maximum atomic E-state index is 13.4. The van der Waals surface area contributed by atoms with E-state index in [-0.39, 0.29) is 22.7 Å². The van der Waals surface area contributed by atoms with Crippen LogP contribution in [-0.2, 0) is 10.3 Å². The summed E-state index contributed by atoms with van der Waals surface area (Å²) in [5.74, 6) is -0.409. The van der Waals surface area contributed by atoms with Gasteiger partial charge in [-0.15, -0.1) is 24.5 Å². The van der Waals surface area contributed by atoms with Crippen molar-refractivity contribution in [1.82, 2.24) is 15.3 Å². The van der Waals surface area contributed by atoms with E-state index in [0.29, 0.717) is 35.7 Å². The van der Waals surface area contributed by atoms with Gasteiger partial charge >= 0.3 is 6.36 Å². The Morgan fingerprint density at radius 3 is 2.53 bits per heavy atom. The van der Waals surface area contributed by atoms with Crippen LogP contribution < -0.4 is 15.0 Å². The van der Waals surface area contributed by atoms with E-state index < -0.39 is 17.7 Å². The molecule has 2 bridgehead atoms. The Balaban J connectivity index is 1.73. The molecule has 2 aliphatic heterocycles. The fraction of sp³-hybridized carbons (Fsp3) is 0.524. The first-order valence-electron chi connectivity index (χ1n) is 10.3. The number of hydrogen-bond donors (Lipinski definition) is 1. The predicted octanol–water partition coefficient (Wildman–Crippen LogP) is 4.67. The molecule has 4 heterocycles. The molecule has 0 amide bonds. The molecule has 2 atom stereocenters. The number of nitrogens with zero attached hydrogens (tertiary/aromatic N) is 3. The Labute approximate surface area is 186 Å². The average Bonchev–Trinajstić information content (AvgIpc) is 3.47. The van der Waals surface area contributed by atoms with Gasteiger partial charge < -0.3 is 24.1 Å². The van der Waals surface area contributed by atoms with E-state index in [2.05, 4.69) is 20.0 Å². The van der Waals surface area contributed by atoms with Gasteiger partial charge in [0.1, 0.15) is 5.01 Å². The van der Waals surface area contributed by atoms with Crippen molar-refractivity contribution in [3.05, 3.63) is 23.2 Å². The fourth-order valence-corrected chi connectivity index (χ4v) is 5.08. The van der Waals surface area contributed by atoms with Gasteiger partial charge in [-0.1, -0.05) is 0 Å². The van der Waals surface area contributed by atoms with E-state index in [1.807, 2.05) is 4.90 Å². The second kappa shape index (κ2) is 7.60. The molecule has 7 nitrogen and oxygen atoms in total. The number of benzene rings is 1. The minimum atomic E-state index is -4.90. The van der Waals surface area contributed by atoms with Crippen LogP contribution in [0.3, 0.4) is 0 Å². The summed E-state index contributed by atoms with van der Waals surface area (Å²) in [4.78, 5) is 10.9. The van der Waals surface area contributed by atoms with Crippen LogP contribution >= 0.6 is 11.3 Å². The maximum absolute atomic E-state index is 13.4. The van der Waals surface area contributed by atoms with Gasteiger partial charge in [0, 0.05) is 49.4 Å². The van der Waals surface area contributed by atoms with Crippen molar-refractivity contribution in [2.45, 2.75) is 50.7 Å². The highest BCUT2D eigenvalue weighted by molar-refractivity contribution is 7.13. The lowest BCUT2D eigenvalue weighted by atomic mass is 9.94. The van der Waals surface area contributed by atoms with Gasteiger partial charge in [-0.3, -0.25) is 0 Å². The molecule has 2 unspecified atom stereocenters. The summed E-state index contributed by atoms with van der Waals surface area (Å²) in [6, 6.07) is 2.52. The largest absolute Gasteiger partial charge is 0.573 e. The van der Waals surface area contributed by atoms with Crippen molar-refractivity contribution in [3.8, 4) is 16.3 Å². The van der Waals surface area contributed by atoms with Gasteiger partial charge in [-0.2, -0.15) is 4.98 Å². The molecule has 2 fully saturated rings. The first-order chi connectivity index (χ1) is 15.1. The number of oxazole rings is 1. The molecule has 2 saturated heterocycles. The maximum Gasteiger partial charge on any atom is 0.573 e. The standard InChI is InChI=1S/C21H23F3N4O3S/c1-20(2,29-3)14-8-13(18-25-6-7-32-18)16-15(17(14)31-21(22,23)24)27-19(30-16)28-9-11-4-5-12(10-28)26-11/h6-8,11-12,26H,4-5,9-10H2,1-3H3. The quantitative estimate of drug-likeness (QED) is 0.583. The summed E-state index contributed by atoms with van der Waals surface area (Å²) in [7, 11) is 1.44. The molecule has 2 aromatic heterocycles. The topological polar surface area (TPSA) is 72.7 Å². The summed E-state index contributed by atoms with van der Waals surface area (Å²) in [5, 5.41) is 5.94. The van der Waals surface area contributed by atoms with E-state index in [9.17, 15) is 13.2 Å². The van der Waals surface area contributed by atoms with Crippen molar-refractivity contribution >= 4 is 28.5 Å². The Kier molecular flexibility index (Phi) is 5.10. The molecule has 5 rings (SSSR count). The molecule has 0 saturated carbocycles. The average molecular weight is 469 g/mol. The number of hydrogen-bond acceptors (Lipinski definition) is 8. The number of thiazole rings is 1. The van der Waals surface area contributed by atoms with Crippen LogP contribution in [0.15, 0.2) is 22.1 Å². The van der Waals surface area contributed by atoms with Gasteiger partial charge in [0.15, 0.2) is 16.8 Å². The summed E-state index contributed by atoms with van der Waals surface area (Å²) in [6.07, 6.45) is -1.15. The van der Waals surface area contributed by atoms with E-state index in [1.165, 1.54) is 18.4 Å². The predicted molar refractivity (Wildman–Crippen MR) is 114 cm³/mol. The summed E-state index contributed by atoms with van der Waals surface area (Å²) in [5.41, 5.74) is -0.0721. The highest BCUT2D eigenvalue weighted by Gasteiger charge is 2.39. The van der Waals surface area contributed by atoms with Crippen LogP contribution in [0, 0.1) is 0 Å². The number of alkyl halides is 3. The van der Waals surface area contributed by atoms with Crippen molar-refractivity contribution in [2.75, 3.05) is 25.1 Å². The number of halogens is 3. The summed E-state index contributed by atoms with van der Waals surface area (Å²) < 4.78 is 56.4. The molecule has 2 aliphatic rings. The zero-order valence-corrected chi connectivity index (χ0v) is 18.6. The summed E-state index contributed by atoms with van der Waals surface area (Å²) in [6.45, 7) is 4.72. The number of methoxy groups -OCH3 is 1. The number of ether oxygens (including phenoxy) is 2. The monoisotopic (exact) mass is 468 g/mol. The fourth-order valence-electron chi connectivity index (χ4n) is 4.43. The lowest BCUT2D eigenvalue weighted by Crippen LogP contribution is -2.51. The Morgan fingerprint density at radius 1 is 1.22 bits per heavy atom. The molecular weight excluding hydrogens is 445 g/mol. The number of piperazine rings is 1. The van der Waals surface area contributed by atoms with Crippen LogP contribution in [0.1, 0.15) is 32.3 Å². The lowest BCUT2D eigenvalue weighted by molar-refractivity contribution is -0.274. The van der Waals surface area contributed by atoms with E-state index in [1.54, 1.807) is 31.5 Å². The van der Waals surface area contributed by atoms with Gasteiger partial charge in [-0.25, -0.2) is 4.98 Å². The Morgan fingerprint density at radius 2 is 1.94 bits per heavy atom. The molecule has 0 spiro atoms. The molecule has 11 heteroatoms. The molecule has 172 valence electrons. The lowest BCUT2D eigenvalue weighted by Gasteiger charge is -2.31. The number of aromatic nitrogens is 2. The van der Waals surface area contributed by atoms with Gasteiger partial charge in [0.25, 0.3) is 6.01 Å². The third-order valence-electron chi connectivity index (χ3n) is 6.14. The molecular formula is C21H23F3N4O3S. The Bertz CT molecular complexity index is 1120. The molecule has 3 aromatic rings. The van der Waals surface area contributed by atoms with Crippen LogP contribution in [0.25, 0.3) is 21.7 Å². The zero-order chi connectivity index (χ0) is 22.7. The van der Waals surface area contributed by atoms with Crippen molar-refractivity contribution < 1.29 is 27.1 Å². The third-order valence-corrected chi connectivity index (χ3v) is 6.94. The zero-order valence-electron chi connectivity index (χ0n) is 17.8. The molecule has 32 heavy (non-hydrogen) atoms. The number of anilines is 1. The molecule has 1 N–H and O–H groups in total. The van der Waals surface area contributed by atoms with Gasteiger partial charge in [0.2, 0.25) is 0 Å². The minimum Gasteiger partial charge on any atom is -0.422 e. The number of nitrogens with one attached hydrogen (secondary N) is 1. The first-order valence-corrected chi connectivity index (χ1v) is 11.2. The SMILES string of the molecule is COC(C)(C)c1cc(-c2nccs2)c2oc(N3CC4CCC(C3)N4)nc2c1OC(F)(F)F. The summed E-state index contributed by atoms with van der Waals surface area (Å²) >= 11 is 1.37. The second-order valence-corrected chi connectivity index (χ2v) is 9.51. The normalized spacial score (nSPS) is 21.5. The smallest absolute Gasteiger partial charge is 0.422 e. The van der Waals surface area contributed by atoms with E-state index >= 15 is 0 Å². The van der Waals surface area contributed by atoms with E-state index in [0.717, 1.165) is 12.8 Å². The molecule has 1 aromatic carbocycles. The van der Waals surface area contributed by atoms with Crippen LogP contribution in [0.4, 0.5) is 19.2 Å². The Hall–Kier alpha value is -2.37. The third kappa shape index (κ3) is 3.82.